The highest BCUT2D eigenvalue weighted by atomic mass is 79.9. The summed E-state index contributed by atoms with van der Waals surface area (Å²) in [4.78, 5) is 2.61. The van der Waals surface area contributed by atoms with Crippen molar-refractivity contribution >= 4 is 21.6 Å². The molecule has 2 atom stereocenters. The van der Waals surface area contributed by atoms with Gasteiger partial charge < -0.3 is 10.2 Å². The lowest BCUT2D eigenvalue weighted by molar-refractivity contribution is 0.553. The number of nitrogens with zero attached hydrogens (tertiary/aromatic N) is 1. The number of hydrogen-bond donors (Lipinski definition) is 1. The third-order valence-electron chi connectivity index (χ3n) is 4.45. The molecule has 1 saturated carbocycles. The maximum absolute atomic E-state index is 3.77. The van der Waals surface area contributed by atoms with Crippen molar-refractivity contribution in [3.8, 4) is 0 Å². The fraction of sp³-hybridized carbons (Fsp3) is 0.625. The van der Waals surface area contributed by atoms with Crippen LogP contribution >= 0.6 is 15.9 Å². The van der Waals surface area contributed by atoms with Crippen molar-refractivity contribution in [1.82, 2.24) is 5.32 Å². The second-order valence-corrected chi connectivity index (χ2v) is 7.16. The average molecular weight is 323 g/mol. The molecule has 1 aliphatic carbocycles. The van der Waals surface area contributed by atoms with Gasteiger partial charge in [0.2, 0.25) is 0 Å². The van der Waals surface area contributed by atoms with Crippen molar-refractivity contribution < 1.29 is 0 Å². The van der Waals surface area contributed by atoms with E-state index in [-0.39, 0.29) is 0 Å². The number of rotatable bonds is 4. The summed E-state index contributed by atoms with van der Waals surface area (Å²) < 4.78 is 1.25. The van der Waals surface area contributed by atoms with E-state index in [9.17, 15) is 0 Å². The van der Waals surface area contributed by atoms with Gasteiger partial charge in [-0.15, -0.1) is 0 Å². The number of anilines is 1. The van der Waals surface area contributed by atoms with Crippen LogP contribution in [0.5, 0.6) is 0 Å². The summed E-state index contributed by atoms with van der Waals surface area (Å²) in [5.74, 6) is 0.944. The molecule has 2 unspecified atom stereocenters. The maximum Gasteiger partial charge on any atom is 0.0513 e. The van der Waals surface area contributed by atoms with Crippen LogP contribution in [0.4, 0.5) is 5.69 Å². The molecule has 0 spiro atoms. The molecule has 104 valence electrons. The van der Waals surface area contributed by atoms with Crippen molar-refractivity contribution in [2.45, 2.75) is 51.7 Å². The zero-order chi connectivity index (χ0) is 13.4. The van der Waals surface area contributed by atoms with Crippen molar-refractivity contribution in [3.05, 3.63) is 28.2 Å². The van der Waals surface area contributed by atoms with Gasteiger partial charge in [-0.25, -0.2) is 0 Å². The number of fused-ring (bicyclic) bond motifs is 2. The predicted molar refractivity (Wildman–Crippen MR) is 84.6 cm³/mol. The third kappa shape index (κ3) is 2.82. The summed E-state index contributed by atoms with van der Waals surface area (Å²) in [5, 5.41) is 3.47. The number of nitrogens with one attached hydrogen (secondary N) is 1. The topological polar surface area (TPSA) is 15.3 Å². The van der Waals surface area contributed by atoms with Gasteiger partial charge in [0.25, 0.3) is 0 Å². The van der Waals surface area contributed by atoms with Gasteiger partial charge in [0.05, 0.1) is 5.69 Å². The number of benzene rings is 1. The minimum absolute atomic E-state index is 0.535. The summed E-state index contributed by atoms with van der Waals surface area (Å²) in [5.41, 5.74) is 2.74. The highest BCUT2D eigenvalue weighted by Crippen LogP contribution is 2.42. The van der Waals surface area contributed by atoms with Gasteiger partial charge in [-0.2, -0.15) is 0 Å². The molecule has 1 saturated heterocycles. The van der Waals surface area contributed by atoms with E-state index in [4.69, 9.17) is 0 Å². The molecule has 2 aliphatic rings. The van der Waals surface area contributed by atoms with Crippen molar-refractivity contribution in [1.29, 1.82) is 0 Å². The lowest BCUT2D eigenvalue weighted by Gasteiger charge is -2.30. The molecule has 1 N–H and O–H groups in total. The normalized spacial score (nSPS) is 25.6. The van der Waals surface area contributed by atoms with Crippen LogP contribution in [-0.4, -0.2) is 18.6 Å². The van der Waals surface area contributed by atoms with Gasteiger partial charge in [-0.3, -0.25) is 0 Å². The molecule has 1 heterocycles. The quantitative estimate of drug-likeness (QED) is 0.903. The zero-order valence-corrected chi connectivity index (χ0v) is 13.4. The lowest BCUT2D eigenvalue weighted by Crippen LogP contribution is -2.32. The van der Waals surface area contributed by atoms with Gasteiger partial charge >= 0.3 is 0 Å². The average Bonchev–Trinajstić information content (AvgIpc) is 2.98. The Hall–Kier alpha value is -0.540. The molecular weight excluding hydrogens is 300 g/mol. The fourth-order valence-corrected chi connectivity index (χ4v) is 4.09. The highest BCUT2D eigenvalue weighted by Gasteiger charge is 2.38. The molecule has 2 bridgehead atoms. The first-order chi connectivity index (χ1) is 9.13. The number of piperidine rings is 1. The Morgan fingerprint density at radius 1 is 1.37 bits per heavy atom. The smallest absolute Gasteiger partial charge is 0.0513 e. The Labute approximate surface area is 124 Å². The van der Waals surface area contributed by atoms with Gasteiger partial charge in [0.15, 0.2) is 0 Å². The van der Waals surface area contributed by atoms with Crippen LogP contribution in [-0.2, 0) is 6.54 Å². The van der Waals surface area contributed by atoms with Crippen molar-refractivity contribution in [2.75, 3.05) is 11.4 Å². The molecule has 3 rings (SSSR count). The third-order valence-corrected chi connectivity index (χ3v) is 5.08. The van der Waals surface area contributed by atoms with E-state index in [0.717, 1.165) is 18.5 Å². The standard InChI is InChI=1S/C16H23BrN2/c1-11(2)18-9-12-4-6-16(15(17)8-12)19-10-13-3-5-14(19)7-13/h4,6,8,11,13-14,18H,3,5,7,9-10H2,1-2H3. The molecular formula is C16H23BrN2. The number of hydrogen-bond acceptors (Lipinski definition) is 2. The predicted octanol–water partition coefficient (Wildman–Crippen LogP) is 3.94. The Balaban J connectivity index is 1.73. The Morgan fingerprint density at radius 3 is 2.79 bits per heavy atom. The van der Waals surface area contributed by atoms with Gasteiger partial charge in [-0.1, -0.05) is 19.9 Å². The van der Waals surface area contributed by atoms with Crippen LogP contribution in [0.15, 0.2) is 22.7 Å². The minimum Gasteiger partial charge on any atom is -0.367 e. The first kappa shape index (κ1) is 13.4. The molecule has 1 aromatic rings. The van der Waals surface area contributed by atoms with Gasteiger partial charge in [0, 0.05) is 29.6 Å². The van der Waals surface area contributed by atoms with Crippen LogP contribution in [0.3, 0.4) is 0 Å². The Kier molecular flexibility index (Phi) is 3.86. The van der Waals surface area contributed by atoms with E-state index in [2.05, 4.69) is 58.2 Å². The van der Waals surface area contributed by atoms with Crippen LogP contribution in [0, 0.1) is 5.92 Å². The minimum atomic E-state index is 0.535. The summed E-state index contributed by atoms with van der Waals surface area (Å²) >= 11 is 3.77. The summed E-state index contributed by atoms with van der Waals surface area (Å²) in [7, 11) is 0. The molecule has 0 amide bonds. The highest BCUT2D eigenvalue weighted by molar-refractivity contribution is 9.10. The zero-order valence-electron chi connectivity index (χ0n) is 11.8. The first-order valence-corrected chi connectivity index (χ1v) is 8.21. The second kappa shape index (κ2) is 5.45. The molecule has 3 heteroatoms. The van der Waals surface area contributed by atoms with Gasteiger partial charge in [0.1, 0.15) is 0 Å². The van der Waals surface area contributed by atoms with E-state index in [0.29, 0.717) is 6.04 Å². The molecule has 19 heavy (non-hydrogen) atoms. The monoisotopic (exact) mass is 322 g/mol. The summed E-state index contributed by atoms with van der Waals surface area (Å²) in [6.45, 7) is 6.57. The SMILES string of the molecule is CC(C)NCc1ccc(N2CC3CCC2C3)c(Br)c1. The number of halogens is 1. The fourth-order valence-electron chi connectivity index (χ4n) is 3.44. The summed E-state index contributed by atoms with van der Waals surface area (Å²) in [6, 6.07) is 8.16. The van der Waals surface area contributed by atoms with Crippen LogP contribution in [0.25, 0.3) is 0 Å². The van der Waals surface area contributed by atoms with E-state index in [1.165, 1.54) is 41.5 Å². The largest absolute Gasteiger partial charge is 0.367 e. The molecule has 2 nitrogen and oxygen atoms in total. The molecule has 0 aromatic heterocycles. The molecule has 2 fully saturated rings. The Morgan fingerprint density at radius 2 is 2.21 bits per heavy atom. The van der Waals surface area contributed by atoms with E-state index >= 15 is 0 Å². The second-order valence-electron chi connectivity index (χ2n) is 6.31. The van der Waals surface area contributed by atoms with Crippen LogP contribution in [0.2, 0.25) is 0 Å². The molecule has 1 aromatic carbocycles. The maximum atomic E-state index is 3.77. The van der Waals surface area contributed by atoms with Gasteiger partial charge in [-0.05, 0) is 58.8 Å². The van der Waals surface area contributed by atoms with E-state index < -0.39 is 0 Å². The van der Waals surface area contributed by atoms with E-state index in [1.54, 1.807) is 0 Å². The van der Waals surface area contributed by atoms with Crippen molar-refractivity contribution in [2.24, 2.45) is 5.92 Å². The van der Waals surface area contributed by atoms with Crippen LogP contribution in [0.1, 0.15) is 38.7 Å². The van der Waals surface area contributed by atoms with Crippen molar-refractivity contribution in [3.63, 3.8) is 0 Å². The first-order valence-electron chi connectivity index (χ1n) is 7.42. The lowest BCUT2D eigenvalue weighted by atomic mass is 10.1. The summed E-state index contributed by atoms with van der Waals surface area (Å²) in [6.07, 6.45) is 4.23. The molecule has 1 aliphatic heterocycles. The van der Waals surface area contributed by atoms with E-state index in [1.807, 2.05) is 0 Å². The van der Waals surface area contributed by atoms with Crippen LogP contribution < -0.4 is 10.2 Å². The Bertz CT molecular complexity index is 458. The molecule has 0 radical (unpaired) electrons.